The third-order valence-corrected chi connectivity index (χ3v) is 7.93. The average Bonchev–Trinajstić information content (AvgIpc) is 3.50. The van der Waals surface area contributed by atoms with Crippen molar-refractivity contribution in [1.29, 1.82) is 0 Å². The van der Waals surface area contributed by atoms with Crippen LogP contribution >= 0.6 is 0 Å². The normalized spacial score (nSPS) is 19.3. The van der Waals surface area contributed by atoms with Gasteiger partial charge in [0.15, 0.2) is 0 Å². The Bertz CT molecular complexity index is 1060. The molecule has 1 saturated heterocycles. The second-order valence-electron chi connectivity index (χ2n) is 8.40. The highest BCUT2D eigenvalue weighted by Gasteiger charge is 2.32. The van der Waals surface area contributed by atoms with Crippen LogP contribution in [0, 0.1) is 0 Å². The van der Waals surface area contributed by atoms with Crippen LogP contribution < -0.4 is 14.2 Å². The second-order valence-corrected chi connectivity index (χ2v) is 10.1. The van der Waals surface area contributed by atoms with Crippen LogP contribution in [0.4, 0.5) is 0 Å². The van der Waals surface area contributed by atoms with Crippen molar-refractivity contribution in [2.75, 3.05) is 20.8 Å². The molecule has 1 N–H and O–H groups in total. The van der Waals surface area contributed by atoms with Crippen molar-refractivity contribution in [3.8, 4) is 11.5 Å². The number of hydrogen-bond donors (Lipinski definition) is 1. The highest BCUT2D eigenvalue weighted by molar-refractivity contribution is 7.89. The standard InChI is InChI=1S/C24H30N2O5S/c1-30-20-12-9-17(10-13-20)21-8-5-15-26(21)24(27)18-11-14-22(31-2)23(16-18)32(28,29)25-19-6-3-4-7-19/h9-14,16,19,21,25H,3-8,15H2,1-2H3/t21-/m0/s1. The lowest BCUT2D eigenvalue weighted by molar-refractivity contribution is 0.0735. The van der Waals surface area contributed by atoms with Crippen LogP contribution in [0.1, 0.15) is 60.5 Å². The molecule has 2 aliphatic rings. The van der Waals surface area contributed by atoms with E-state index in [4.69, 9.17) is 9.47 Å². The van der Waals surface area contributed by atoms with E-state index in [-0.39, 0.29) is 28.6 Å². The summed E-state index contributed by atoms with van der Waals surface area (Å²) in [7, 11) is -0.741. The third-order valence-electron chi connectivity index (χ3n) is 6.39. The van der Waals surface area contributed by atoms with Gasteiger partial charge in [-0.05, 0) is 61.6 Å². The molecule has 1 amide bonds. The summed E-state index contributed by atoms with van der Waals surface area (Å²) < 4.78 is 39.5. The predicted octanol–water partition coefficient (Wildman–Crippen LogP) is 3.90. The minimum absolute atomic E-state index is 0.0120. The van der Waals surface area contributed by atoms with Gasteiger partial charge in [0.05, 0.1) is 20.3 Å². The topological polar surface area (TPSA) is 84.9 Å². The zero-order valence-electron chi connectivity index (χ0n) is 18.5. The number of sulfonamides is 1. The summed E-state index contributed by atoms with van der Waals surface area (Å²) in [6, 6.07) is 12.3. The molecule has 2 aromatic rings. The Morgan fingerprint density at radius 2 is 1.69 bits per heavy atom. The van der Waals surface area contributed by atoms with Gasteiger partial charge in [-0.25, -0.2) is 13.1 Å². The Labute approximate surface area is 189 Å². The molecule has 2 aromatic carbocycles. The van der Waals surface area contributed by atoms with E-state index < -0.39 is 10.0 Å². The zero-order valence-corrected chi connectivity index (χ0v) is 19.4. The number of likely N-dealkylation sites (tertiary alicyclic amines) is 1. The number of amides is 1. The number of carbonyl (C=O) groups is 1. The molecule has 0 unspecified atom stereocenters. The van der Waals surface area contributed by atoms with Crippen molar-refractivity contribution < 1.29 is 22.7 Å². The lowest BCUT2D eigenvalue weighted by Gasteiger charge is -2.26. The Morgan fingerprint density at radius 1 is 0.969 bits per heavy atom. The van der Waals surface area contributed by atoms with Crippen molar-refractivity contribution in [1.82, 2.24) is 9.62 Å². The fourth-order valence-corrected chi connectivity index (χ4v) is 6.19. The van der Waals surface area contributed by atoms with Crippen LogP contribution in [0.15, 0.2) is 47.4 Å². The second kappa shape index (κ2) is 9.50. The zero-order chi connectivity index (χ0) is 22.7. The predicted molar refractivity (Wildman–Crippen MR) is 122 cm³/mol. The minimum Gasteiger partial charge on any atom is -0.497 e. The molecule has 2 fully saturated rings. The van der Waals surface area contributed by atoms with Gasteiger partial charge in [0, 0.05) is 18.2 Å². The van der Waals surface area contributed by atoms with Crippen molar-refractivity contribution in [3.63, 3.8) is 0 Å². The molecule has 1 saturated carbocycles. The van der Waals surface area contributed by atoms with Gasteiger partial charge in [-0.15, -0.1) is 0 Å². The molecule has 1 aliphatic carbocycles. The number of carbonyl (C=O) groups excluding carboxylic acids is 1. The molecule has 0 bridgehead atoms. The van der Waals surface area contributed by atoms with Gasteiger partial charge >= 0.3 is 0 Å². The van der Waals surface area contributed by atoms with Gasteiger partial charge in [-0.2, -0.15) is 0 Å². The fourth-order valence-electron chi connectivity index (χ4n) is 4.69. The monoisotopic (exact) mass is 458 g/mol. The van der Waals surface area contributed by atoms with Gasteiger partial charge < -0.3 is 14.4 Å². The molecule has 8 heteroatoms. The smallest absolute Gasteiger partial charge is 0.254 e. The van der Waals surface area contributed by atoms with Crippen LogP contribution in [0.3, 0.4) is 0 Å². The summed E-state index contributed by atoms with van der Waals surface area (Å²) >= 11 is 0. The summed E-state index contributed by atoms with van der Waals surface area (Å²) in [5.74, 6) is 0.827. The first-order valence-electron chi connectivity index (χ1n) is 11.1. The third kappa shape index (κ3) is 4.61. The van der Waals surface area contributed by atoms with Crippen LogP contribution in [0.5, 0.6) is 11.5 Å². The molecule has 32 heavy (non-hydrogen) atoms. The van der Waals surface area contributed by atoms with Crippen molar-refractivity contribution in [2.24, 2.45) is 0 Å². The molecule has 4 rings (SSSR count). The number of nitrogens with one attached hydrogen (secondary N) is 1. The van der Waals surface area contributed by atoms with E-state index in [0.29, 0.717) is 12.1 Å². The molecule has 172 valence electrons. The largest absolute Gasteiger partial charge is 0.497 e. The van der Waals surface area contributed by atoms with Gasteiger partial charge in [-0.3, -0.25) is 4.79 Å². The highest BCUT2D eigenvalue weighted by Crippen LogP contribution is 2.35. The van der Waals surface area contributed by atoms with Gasteiger partial charge in [0.2, 0.25) is 10.0 Å². The minimum atomic E-state index is -3.80. The number of nitrogens with zero attached hydrogens (tertiary/aromatic N) is 1. The lowest BCUT2D eigenvalue weighted by Crippen LogP contribution is -2.33. The van der Waals surface area contributed by atoms with E-state index in [1.54, 1.807) is 19.2 Å². The maximum absolute atomic E-state index is 13.4. The first-order chi connectivity index (χ1) is 15.4. The molecule has 7 nitrogen and oxygen atoms in total. The fraction of sp³-hybridized carbons (Fsp3) is 0.458. The van der Waals surface area contributed by atoms with Gasteiger partial charge in [0.1, 0.15) is 16.4 Å². The number of benzene rings is 2. The Balaban J connectivity index is 1.61. The molecule has 1 heterocycles. The van der Waals surface area contributed by atoms with Crippen molar-refractivity contribution in [2.45, 2.75) is 55.5 Å². The van der Waals surface area contributed by atoms with Crippen LogP contribution in [0.2, 0.25) is 0 Å². The molecule has 0 aromatic heterocycles. The number of methoxy groups -OCH3 is 2. The highest BCUT2D eigenvalue weighted by atomic mass is 32.2. The molecular weight excluding hydrogens is 428 g/mol. The first kappa shape index (κ1) is 22.6. The van der Waals surface area contributed by atoms with Crippen LogP contribution in [-0.4, -0.2) is 46.0 Å². The Hall–Kier alpha value is -2.58. The van der Waals surface area contributed by atoms with E-state index >= 15 is 0 Å². The van der Waals surface area contributed by atoms with Gasteiger partial charge in [-0.1, -0.05) is 25.0 Å². The maximum atomic E-state index is 13.4. The number of ether oxygens (including phenoxy) is 2. The summed E-state index contributed by atoms with van der Waals surface area (Å²) in [6.07, 6.45) is 5.46. The van der Waals surface area contributed by atoms with Gasteiger partial charge in [0.25, 0.3) is 5.91 Å². The van der Waals surface area contributed by atoms with E-state index in [1.807, 2.05) is 29.2 Å². The average molecular weight is 459 g/mol. The maximum Gasteiger partial charge on any atom is 0.254 e. The van der Waals surface area contributed by atoms with Crippen LogP contribution in [-0.2, 0) is 10.0 Å². The van der Waals surface area contributed by atoms with E-state index in [2.05, 4.69) is 4.72 Å². The van der Waals surface area contributed by atoms with E-state index in [1.165, 1.54) is 13.2 Å². The first-order valence-corrected chi connectivity index (χ1v) is 12.6. The van der Waals surface area contributed by atoms with E-state index in [0.717, 1.165) is 49.8 Å². The molecule has 0 spiro atoms. The Kier molecular flexibility index (Phi) is 6.71. The summed E-state index contributed by atoms with van der Waals surface area (Å²) in [5.41, 5.74) is 1.39. The SMILES string of the molecule is COc1ccc([C@@H]2CCCN2C(=O)c2ccc(OC)c(S(=O)(=O)NC3CCCC3)c2)cc1. The quantitative estimate of drug-likeness (QED) is 0.680. The van der Waals surface area contributed by atoms with Crippen LogP contribution in [0.25, 0.3) is 0 Å². The number of rotatable bonds is 7. The van der Waals surface area contributed by atoms with Crippen molar-refractivity contribution >= 4 is 15.9 Å². The van der Waals surface area contributed by atoms with Crippen molar-refractivity contribution in [3.05, 3.63) is 53.6 Å². The molecule has 0 radical (unpaired) electrons. The number of hydrogen-bond acceptors (Lipinski definition) is 5. The molecule has 1 aliphatic heterocycles. The summed E-state index contributed by atoms with van der Waals surface area (Å²) in [4.78, 5) is 15.3. The lowest BCUT2D eigenvalue weighted by atomic mass is 10.0. The summed E-state index contributed by atoms with van der Waals surface area (Å²) in [5, 5.41) is 0. The molecule has 1 atom stereocenters. The molecular formula is C24H30N2O5S. The van der Waals surface area contributed by atoms with E-state index in [9.17, 15) is 13.2 Å². The Morgan fingerprint density at radius 3 is 2.34 bits per heavy atom. The summed E-state index contributed by atoms with van der Waals surface area (Å²) in [6.45, 7) is 0.629.